The number of carbonyl (C=O) groups is 2. The molecule has 0 atom stereocenters. The number of amides is 1. The van der Waals surface area contributed by atoms with Gasteiger partial charge in [-0.05, 0) is 6.42 Å². The van der Waals surface area contributed by atoms with Gasteiger partial charge in [-0.3, -0.25) is 4.79 Å². The van der Waals surface area contributed by atoms with Crippen LogP contribution in [-0.4, -0.2) is 37.1 Å². The van der Waals surface area contributed by atoms with Gasteiger partial charge in [0, 0.05) is 6.54 Å². The minimum atomic E-state index is -0.541. The van der Waals surface area contributed by atoms with Gasteiger partial charge in [0.15, 0.2) is 15.2 Å². The van der Waals surface area contributed by atoms with Crippen molar-refractivity contribution in [2.45, 2.75) is 13.3 Å². The third-order valence-corrected chi connectivity index (χ3v) is 3.31. The fourth-order valence-corrected chi connectivity index (χ4v) is 2.18. The summed E-state index contributed by atoms with van der Waals surface area (Å²) in [6.45, 7) is 2.69. The Bertz CT molecular complexity index is 436. The molecule has 100 valence electrons. The molecule has 0 saturated heterocycles. The summed E-state index contributed by atoms with van der Waals surface area (Å²) in [7, 11) is 1.27. The van der Waals surface area contributed by atoms with Crippen molar-refractivity contribution in [1.29, 1.82) is 0 Å². The Morgan fingerprint density at radius 3 is 2.83 bits per heavy atom. The maximum Gasteiger partial charge on any atom is 0.351 e. The molecule has 1 aromatic heterocycles. The molecule has 0 fully saturated rings. The van der Waals surface area contributed by atoms with Crippen LogP contribution in [0.5, 0.6) is 0 Å². The second-order valence-electron chi connectivity index (χ2n) is 3.33. The van der Waals surface area contributed by atoms with E-state index >= 15 is 0 Å². The Labute approximate surface area is 114 Å². The highest BCUT2D eigenvalue weighted by Crippen LogP contribution is 2.27. The molecule has 0 aromatic carbocycles. The highest BCUT2D eigenvalue weighted by molar-refractivity contribution is 7.18. The molecule has 8 heteroatoms. The molecule has 1 aromatic rings. The first-order valence-corrected chi connectivity index (χ1v) is 6.53. The fourth-order valence-electron chi connectivity index (χ4n) is 1.08. The van der Waals surface area contributed by atoms with Gasteiger partial charge in [-0.25, -0.2) is 9.78 Å². The molecule has 1 heterocycles. The number of nitrogens with one attached hydrogen (secondary N) is 2. The van der Waals surface area contributed by atoms with Crippen molar-refractivity contribution in [2.75, 3.05) is 25.5 Å². The fraction of sp³-hybridized carbons (Fsp3) is 0.500. The minimum Gasteiger partial charge on any atom is -0.465 e. The number of hydrogen-bond donors (Lipinski definition) is 2. The van der Waals surface area contributed by atoms with E-state index in [-0.39, 0.29) is 22.5 Å². The quantitative estimate of drug-likeness (QED) is 0.777. The van der Waals surface area contributed by atoms with Gasteiger partial charge >= 0.3 is 5.97 Å². The average molecular weight is 292 g/mol. The van der Waals surface area contributed by atoms with Crippen molar-refractivity contribution >= 4 is 39.9 Å². The monoisotopic (exact) mass is 291 g/mol. The summed E-state index contributed by atoms with van der Waals surface area (Å²) in [5, 5.41) is 5.99. The SMILES string of the molecule is CCCNC(=O)CNc1nc(Cl)c(C(=O)OC)s1. The van der Waals surface area contributed by atoms with Crippen molar-refractivity contribution in [3.05, 3.63) is 10.0 Å². The normalized spacial score (nSPS) is 9.94. The number of ether oxygens (including phenoxy) is 1. The Balaban J connectivity index is 2.53. The maximum absolute atomic E-state index is 11.3. The smallest absolute Gasteiger partial charge is 0.351 e. The molecule has 0 aliphatic heterocycles. The van der Waals surface area contributed by atoms with Crippen LogP contribution in [0.3, 0.4) is 0 Å². The number of carbonyl (C=O) groups excluding carboxylic acids is 2. The summed E-state index contributed by atoms with van der Waals surface area (Å²) in [5.41, 5.74) is 0. The van der Waals surface area contributed by atoms with Crippen molar-refractivity contribution in [3.63, 3.8) is 0 Å². The molecule has 2 N–H and O–H groups in total. The van der Waals surface area contributed by atoms with E-state index < -0.39 is 5.97 Å². The van der Waals surface area contributed by atoms with Gasteiger partial charge in [0.2, 0.25) is 5.91 Å². The van der Waals surface area contributed by atoms with Gasteiger partial charge in [0.1, 0.15) is 0 Å². The third kappa shape index (κ3) is 4.15. The molecule has 1 amide bonds. The van der Waals surface area contributed by atoms with Gasteiger partial charge in [0.05, 0.1) is 13.7 Å². The Hall–Kier alpha value is -1.34. The average Bonchev–Trinajstić information content (AvgIpc) is 2.74. The predicted octanol–water partition coefficient (Wildman–Crippen LogP) is 1.52. The van der Waals surface area contributed by atoms with E-state index in [1.54, 1.807) is 0 Å². The Morgan fingerprint density at radius 2 is 2.22 bits per heavy atom. The van der Waals surface area contributed by atoms with Crippen molar-refractivity contribution in [2.24, 2.45) is 0 Å². The van der Waals surface area contributed by atoms with Gasteiger partial charge in [-0.2, -0.15) is 0 Å². The van der Waals surface area contributed by atoms with E-state index in [9.17, 15) is 9.59 Å². The highest BCUT2D eigenvalue weighted by atomic mass is 35.5. The molecule has 0 saturated carbocycles. The lowest BCUT2D eigenvalue weighted by atomic mass is 10.4. The van der Waals surface area contributed by atoms with E-state index in [1.807, 2.05) is 6.92 Å². The van der Waals surface area contributed by atoms with Gasteiger partial charge in [-0.15, -0.1) is 0 Å². The largest absolute Gasteiger partial charge is 0.465 e. The predicted molar refractivity (Wildman–Crippen MR) is 70.3 cm³/mol. The van der Waals surface area contributed by atoms with Crippen LogP contribution in [0.1, 0.15) is 23.0 Å². The number of esters is 1. The van der Waals surface area contributed by atoms with Crippen LogP contribution >= 0.6 is 22.9 Å². The van der Waals surface area contributed by atoms with Gasteiger partial charge in [-0.1, -0.05) is 29.9 Å². The van der Waals surface area contributed by atoms with Crippen LogP contribution in [0.2, 0.25) is 5.15 Å². The Morgan fingerprint density at radius 1 is 1.50 bits per heavy atom. The first-order chi connectivity index (χ1) is 8.58. The molecule has 0 aliphatic rings. The van der Waals surface area contributed by atoms with Crippen molar-refractivity contribution < 1.29 is 14.3 Å². The number of aromatic nitrogens is 1. The summed E-state index contributed by atoms with van der Waals surface area (Å²) in [4.78, 5) is 26.8. The molecule has 0 aliphatic carbocycles. The number of nitrogens with zero attached hydrogens (tertiary/aromatic N) is 1. The third-order valence-electron chi connectivity index (χ3n) is 1.93. The van der Waals surface area contributed by atoms with Crippen LogP contribution in [0.25, 0.3) is 0 Å². The zero-order chi connectivity index (χ0) is 13.5. The van der Waals surface area contributed by atoms with Crippen LogP contribution in [0, 0.1) is 0 Å². The van der Waals surface area contributed by atoms with Crippen LogP contribution in [0.4, 0.5) is 5.13 Å². The van der Waals surface area contributed by atoms with Crippen molar-refractivity contribution in [1.82, 2.24) is 10.3 Å². The molecule has 0 bridgehead atoms. The van der Waals surface area contributed by atoms with Crippen LogP contribution in [-0.2, 0) is 9.53 Å². The standard InChI is InChI=1S/C10H14ClN3O3S/c1-3-4-12-6(15)5-13-10-14-8(11)7(18-10)9(16)17-2/h3-5H2,1-2H3,(H,12,15)(H,13,14). The lowest BCUT2D eigenvalue weighted by Crippen LogP contribution is -2.30. The number of halogens is 1. The minimum absolute atomic E-state index is 0.0725. The van der Waals surface area contributed by atoms with E-state index in [0.717, 1.165) is 17.8 Å². The summed E-state index contributed by atoms with van der Waals surface area (Å²) in [5.74, 6) is -0.677. The molecule has 18 heavy (non-hydrogen) atoms. The zero-order valence-electron chi connectivity index (χ0n) is 10.1. The van der Waals surface area contributed by atoms with Crippen LogP contribution < -0.4 is 10.6 Å². The number of rotatable bonds is 6. The molecule has 0 radical (unpaired) electrons. The summed E-state index contributed by atoms with van der Waals surface area (Å²) >= 11 is 6.82. The summed E-state index contributed by atoms with van der Waals surface area (Å²) in [6, 6.07) is 0. The topological polar surface area (TPSA) is 80.3 Å². The van der Waals surface area contributed by atoms with Crippen molar-refractivity contribution in [3.8, 4) is 0 Å². The molecular weight excluding hydrogens is 278 g/mol. The highest BCUT2D eigenvalue weighted by Gasteiger charge is 2.17. The van der Waals surface area contributed by atoms with Crippen LogP contribution in [0.15, 0.2) is 0 Å². The van der Waals surface area contributed by atoms with E-state index in [1.165, 1.54) is 7.11 Å². The van der Waals surface area contributed by atoms with E-state index in [0.29, 0.717) is 11.7 Å². The molecule has 0 unspecified atom stereocenters. The second-order valence-corrected chi connectivity index (χ2v) is 4.69. The first-order valence-electron chi connectivity index (χ1n) is 5.33. The van der Waals surface area contributed by atoms with Gasteiger partial charge < -0.3 is 15.4 Å². The lowest BCUT2D eigenvalue weighted by molar-refractivity contribution is -0.119. The first kappa shape index (κ1) is 14.7. The Kier molecular flexibility index (Phi) is 5.87. The molecule has 0 spiro atoms. The zero-order valence-corrected chi connectivity index (χ0v) is 11.7. The lowest BCUT2D eigenvalue weighted by Gasteiger charge is -2.03. The van der Waals surface area contributed by atoms with E-state index in [2.05, 4.69) is 20.4 Å². The maximum atomic E-state index is 11.3. The van der Waals surface area contributed by atoms with Gasteiger partial charge in [0.25, 0.3) is 0 Å². The summed E-state index contributed by atoms with van der Waals surface area (Å²) in [6.07, 6.45) is 0.876. The van der Waals surface area contributed by atoms with E-state index in [4.69, 9.17) is 11.6 Å². The number of hydrogen-bond acceptors (Lipinski definition) is 6. The number of thiazole rings is 1. The molecule has 1 rings (SSSR count). The summed E-state index contributed by atoms with van der Waals surface area (Å²) < 4.78 is 4.55. The number of anilines is 1. The second kappa shape index (κ2) is 7.17. The molecule has 6 nitrogen and oxygen atoms in total. The number of methoxy groups -OCH3 is 1. The molecular formula is C10H14ClN3O3S.